The van der Waals surface area contributed by atoms with Gasteiger partial charge in [0.25, 0.3) is 11.8 Å². The van der Waals surface area contributed by atoms with Crippen LogP contribution < -0.4 is 4.90 Å². The van der Waals surface area contributed by atoms with Gasteiger partial charge in [0.05, 0.1) is 19.1 Å². The Morgan fingerprint density at radius 1 is 1.05 bits per heavy atom. The second-order valence-electron chi connectivity index (χ2n) is 5.44. The fourth-order valence-corrected chi connectivity index (χ4v) is 2.99. The lowest BCUT2D eigenvalue weighted by atomic mass is 10.1. The van der Waals surface area contributed by atoms with Gasteiger partial charge in [-0.3, -0.25) is 9.59 Å². The molecule has 1 aromatic carbocycles. The van der Waals surface area contributed by atoms with Gasteiger partial charge in [-0.05, 0) is 31.9 Å². The zero-order chi connectivity index (χ0) is 14.1. The zero-order valence-electron chi connectivity index (χ0n) is 11.7. The highest BCUT2D eigenvalue weighted by Crippen LogP contribution is 2.23. The van der Waals surface area contributed by atoms with Crippen LogP contribution in [0.5, 0.6) is 0 Å². The van der Waals surface area contributed by atoms with Crippen LogP contribution in [0.25, 0.3) is 0 Å². The van der Waals surface area contributed by atoms with Crippen LogP contribution in [0.15, 0.2) is 30.3 Å². The van der Waals surface area contributed by atoms with Crippen LogP contribution in [0.2, 0.25) is 0 Å². The number of nitrogens with zero attached hydrogens (tertiary/aromatic N) is 3. The highest BCUT2D eigenvalue weighted by Gasteiger charge is 2.37. The smallest absolute Gasteiger partial charge is 0.260 e. The van der Waals surface area contributed by atoms with Gasteiger partial charge in [0.2, 0.25) is 0 Å². The van der Waals surface area contributed by atoms with E-state index in [9.17, 15) is 9.59 Å². The standard InChI is InChI=1S/C15H19N3O2/c1-12-6-5-9-17-14(19)10-16(11-15(20)18(12)17)13-7-3-2-4-8-13/h2-4,7-8,12H,5-6,9-11H2,1H3/t12-/m0/s1. The highest BCUT2D eigenvalue weighted by atomic mass is 16.2. The van der Waals surface area contributed by atoms with Crippen molar-refractivity contribution in [1.82, 2.24) is 10.0 Å². The summed E-state index contributed by atoms with van der Waals surface area (Å²) in [6, 6.07) is 9.75. The number of amides is 2. The van der Waals surface area contributed by atoms with Crippen molar-refractivity contribution in [3.05, 3.63) is 30.3 Å². The number of hydrazine groups is 1. The quantitative estimate of drug-likeness (QED) is 0.774. The first kappa shape index (κ1) is 13.0. The third-order valence-electron chi connectivity index (χ3n) is 3.99. The van der Waals surface area contributed by atoms with E-state index in [0.717, 1.165) is 18.5 Å². The number of carbonyl (C=O) groups is 2. The normalized spacial score (nSPS) is 23.6. The van der Waals surface area contributed by atoms with Crippen molar-refractivity contribution < 1.29 is 9.59 Å². The molecule has 0 saturated carbocycles. The van der Waals surface area contributed by atoms with Crippen molar-refractivity contribution in [3.8, 4) is 0 Å². The summed E-state index contributed by atoms with van der Waals surface area (Å²) in [6.07, 6.45) is 1.92. The van der Waals surface area contributed by atoms with Crippen LogP contribution in [-0.4, -0.2) is 47.5 Å². The third kappa shape index (κ3) is 2.24. The number of benzene rings is 1. The molecule has 0 spiro atoms. The average molecular weight is 273 g/mol. The molecule has 0 aromatic heterocycles. The van der Waals surface area contributed by atoms with E-state index in [4.69, 9.17) is 0 Å². The van der Waals surface area contributed by atoms with Gasteiger partial charge in [0.1, 0.15) is 0 Å². The van der Waals surface area contributed by atoms with Crippen molar-refractivity contribution in [2.24, 2.45) is 0 Å². The van der Waals surface area contributed by atoms with E-state index in [-0.39, 0.29) is 30.9 Å². The molecule has 0 N–H and O–H groups in total. The van der Waals surface area contributed by atoms with Crippen LogP contribution >= 0.6 is 0 Å². The Morgan fingerprint density at radius 2 is 1.75 bits per heavy atom. The van der Waals surface area contributed by atoms with E-state index in [1.165, 1.54) is 0 Å². The van der Waals surface area contributed by atoms with Crippen molar-refractivity contribution in [2.45, 2.75) is 25.8 Å². The average Bonchev–Trinajstić information content (AvgIpc) is 2.59. The van der Waals surface area contributed by atoms with Gasteiger partial charge in [0.15, 0.2) is 0 Å². The lowest BCUT2D eigenvalue weighted by Gasteiger charge is -2.41. The summed E-state index contributed by atoms with van der Waals surface area (Å²) < 4.78 is 0. The van der Waals surface area contributed by atoms with Crippen LogP contribution in [0.1, 0.15) is 19.8 Å². The number of hydrogen-bond donors (Lipinski definition) is 0. The summed E-state index contributed by atoms with van der Waals surface area (Å²) in [6.45, 7) is 3.18. The van der Waals surface area contributed by atoms with Crippen molar-refractivity contribution in [3.63, 3.8) is 0 Å². The third-order valence-corrected chi connectivity index (χ3v) is 3.99. The van der Waals surface area contributed by atoms with E-state index >= 15 is 0 Å². The topological polar surface area (TPSA) is 43.9 Å². The summed E-state index contributed by atoms with van der Waals surface area (Å²) in [5.74, 6) is 0.0122. The Hall–Kier alpha value is -2.04. The van der Waals surface area contributed by atoms with Gasteiger partial charge in [0, 0.05) is 12.2 Å². The van der Waals surface area contributed by atoms with Gasteiger partial charge in [-0.1, -0.05) is 18.2 Å². The summed E-state index contributed by atoms with van der Waals surface area (Å²) in [5.41, 5.74) is 0.919. The Morgan fingerprint density at radius 3 is 2.50 bits per heavy atom. The van der Waals surface area contributed by atoms with E-state index in [0.29, 0.717) is 6.54 Å². The number of carbonyl (C=O) groups excluding carboxylic acids is 2. The fourth-order valence-electron chi connectivity index (χ4n) is 2.99. The minimum Gasteiger partial charge on any atom is -0.353 e. The molecule has 1 atom stereocenters. The number of fused-ring (bicyclic) bond motifs is 1. The predicted octanol–water partition coefficient (Wildman–Crippen LogP) is 1.26. The molecule has 1 aromatic rings. The largest absolute Gasteiger partial charge is 0.353 e. The maximum Gasteiger partial charge on any atom is 0.260 e. The number of para-hydroxylation sites is 1. The Bertz CT molecular complexity index is 517. The minimum atomic E-state index is 0.00579. The van der Waals surface area contributed by atoms with Crippen molar-refractivity contribution in [2.75, 3.05) is 24.5 Å². The maximum atomic E-state index is 12.5. The number of rotatable bonds is 1. The van der Waals surface area contributed by atoms with Gasteiger partial charge < -0.3 is 4.90 Å². The molecular weight excluding hydrogens is 254 g/mol. The van der Waals surface area contributed by atoms with Gasteiger partial charge >= 0.3 is 0 Å². The molecule has 0 unspecified atom stereocenters. The Balaban J connectivity index is 1.89. The van der Waals surface area contributed by atoms with E-state index in [1.54, 1.807) is 10.0 Å². The monoisotopic (exact) mass is 273 g/mol. The maximum absolute atomic E-state index is 12.5. The second-order valence-corrected chi connectivity index (χ2v) is 5.44. The number of hydrogen-bond acceptors (Lipinski definition) is 3. The molecule has 0 bridgehead atoms. The Labute approximate surface area is 118 Å². The highest BCUT2D eigenvalue weighted by molar-refractivity contribution is 5.91. The summed E-state index contributed by atoms with van der Waals surface area (Å²) in [4.78, 5) is 26.7. The van der Waals surface area contributed by atoms with E-state index in [2.05, 4.69) is 0 Å². The van der Waals surface area contributed by atoms with Gasteiger partial charge in [-0.15, -0.1) is 0 Å². The van der Waals surface area contributed by atoms with E-state index in [1.807, 2.05) is 42.2 Å². The molecule has 106 valence electrons. The summed E-state index contributed by atoms with van der Waals surface area (Å²) in [7, 11) is 0. The molecule has 2 heterocycles. The molecule has 2 amide bonds. The molecule has 0 aliphatic carbocycles. The molecule has 5 heteroatoms. The Kier molecular flexibility index (Phi) is 3.34. The van der Waals surface area contributed by atoms with Crippen molar-refractivity contribution >= 4 is 17.5 Å². The molecule has 2 aliphatic rings. The van der Waals surface area contributed by atoms with Gasteiger partial charge in [-0.2, -0.15) is 0 Å². The lowest BCUT2D eigenvalue weighted by Crippen LogP contribution is -2.56. The van der Waals surface area contributed by atoms with E-state index < -0.39 is 0 Å². The van der Waals surface area contributed by atoms with Crippen LogP contribution in [0.4, 0.5) is 5.69 Å². The first-order valence-corrected chi connectivity index (χ1v) is 7.09. The molecule has 3 rings (SSSR count). The van der Waals surface area contributed by atoms with Gasteiger partial charge in [-0.25, -0.2) is 10.0 Å². The summed E-state index contributed by atoms with van der Waals surface area (Å²) in [5, 5.41) is 3.30. The first-order chi connectivity index (χ1) is 9.66. The molecule has 0 radical (unpaired) electrons. The molecule has 2 aliphatic heterocycles. The SMILES string of the molecule is C[C@H]1CCCN2C(=O)CN(c3ccccc3)CC(=O)N12. The fraction of sp³-hybridized carbons (Fsp3) is 0.467. The molecular formula is C15H19N3O2. The molecule has 5 nitrogen and oxygen atoms in total. The predicted molar refractivity (Wildman–Crippen MR) is 75.9 cm³/mol. The summed E-state index contributed by atoms with van der Waals surface area (Å²) >= 11 is 0. The van der Waals surface area contributed by atoms with Crippen LogP contribution in [0.3, 0.4) is 0 Å². The second kappa shape index (κ2) is 5.15. The molecule has 2 fully saturated rings. The number of anilines is 1. The molecule has 2 saturated heterocycles. The minimum absolute atomic E-state index is 0.00579. The van der Waals surface area contributed by atoms with Crippen LogP contribution in [-0.2, 0) is 9.59 Å². The first-order valence-electron chi connectivity index (χ1n) is 7.09. The zero-order valence-corrected chi connectivity index (χ0v) is 11.7. The van der Waals surface area contributed by atoms with Crippen LogP contribution in [0, 0.1) is 0 Å². The van der Waals surface area contributed by atoms with Crippen molar-refractivity contribution in [1.29, 1.82) is 0 Å². The lowest BCUT2D eigenvalue weighted by molar-refractivity contribution is -0.169. The molecule has 20 heavy (non-hydrogen) atoms.